The Hall–Kier alpha value is -0.0800. The number of nitrogens with one attached hydrogen (secondary N) is 2. The molecule has 6 heteroatoms. The number of hydrogen-bond acceptors (Lipinski definition) is 3. The van der Waals surface area contributed by atoms with Crippen LogP contribution in [0.5, 0.6) is 0 Å². The highest BCUT2D eigenvalue weighted by Gasteiger charge is 2.28. The van der Waals surface area contributed by atoms with Gasteiger partial charge in [-0.15, -0.1) is 24.0 Å². The van der Waals surface area contributed by atoms with Gasteiger partial charge in [0.15, 0.2) is 5.96 Å². The van der Waals surface area contributed by atoms with Gasteiger partial charge in [-0.1, -0.05) is 26.7 Å². The van der Waals surface area contributed by atoms with Crippen molar-refractivity contribution in [2.75, 3.05) is 39.8 Å². The van der Waals surface area contributed by atoms with Crippen LogP contribution in [0.4, 0.5) is 0 Å². The number of nitrogens with zero attached hydrogens (tertiary/aromatic N) is 3. The van der Waals surface area contributed by atoms with Crippen LogP contribution in [0.2, 0.25) is 0 Å². The molecule has 0 aromatic heterocycles. The van der Waals surface area contributed by atoms with Crippen molar-refractivity contribution in [3.63, 3.8) is 0 Å². The maximum atomic E-state index is 4.51. The van der Waals surface area contributed by atoms with E-state index in [0.29, 0.717) is 18.1 Å². The Morgan fingerprint density at radius 2 is 1.59 bits per heavy atom. The Labute approximate surface area is 185 Å². The normalized spacial score (nSPS) is 21.5. The first-order valence-electron chi connectivity index (χ1n) is 11.0. The lowest BCUT2D eigenvalue weighted by molar-refractivity contribution is 0.163. The summed E-state index contributed by atoms with van der Waals surface area (Å²) in [5.74, 6) is 1.76. The van der Waals surface area contributed by atoms with E-state index in [4.69, 9.17) is 0 Å². The van der Waals surface area contributed by atoms with Gasteiger partial charge in [-0.3, -0.25) is 9.89 Å². The maximum Gasteiger partial charge on any atom is 0.191 e. The topological polar surface area (TPSA) is 42.9 Å². The Morgan fingerprint density at radius 1 is 1.00 bits per heavy atom. The minimum atomic E-state index is 0. The fraction of sp³-hybridized carbons (Fsp3) is 0.952. The van der Waals surface area contributed by atoms with Crippen LogP contribution in [0.15, 0.2) is 4.99 Å². The zero-order valence-corrected chi connectivity index (χ0v) is 20.7. The lowest BCUT2D eigenvalue weighted by Gasteiger charge is -2.36. The number of aliphatic imine (C=N–C) groups is 1. The maximum absolute atomic E-state index is 4.51. The Balaban J connectivity index is 0.00000364. The molecule has 0 aromatic rings. The SMILES string of the molecule is CCC(CC)C(CNC(=NC)NC1CCN(C(C)C)CC1)N1CCCC1.I. The van der Waals surface area contributed by atoms with E-state index in [9.17, 15) is 0 Å². The van der Waals surface area contributed by atoms with Crippen LogP contribution >= 0.6 is 24.0 Å². The van der Waals surface area contributed by atoms with E-state index in [1.807, 2.05) is 7.05 Å². The van der Waals surface area contributed by atoms with Crippen LogP contribution in [0.25, 0.3) is 0 Å². The van der Waals surface area contributed by atoms with Gasteiger partial charge in [0.2, 0.25) is 0 Å². The highest BCUT2D eigenvalue weighted by atomic mass is 127. The first-order valence-corrected chi connectivity index (χ1v) is 11.0. The molecular weight excluding hydrogens is 449 g/mol. The van der Waals surface area contributed by atoms with E-state index in [-0.39, 0.29) is 24.0 Å². The van der Waals surface area contributed by atoms with Gasteiger partial charge in [0.1, 0.15) is 0 Å². The second-order valence-corrected chi connectivity index (χ2v) is 8.39. The van der Waals surface area contributed by atoms with E-state index in [1.54, 1.807) is 0 Å². The number of hydrogen-bond donors (Lipinski definition) is 2. The predicted octanol–water partition coefficient (Wildman–Crippen LogP) is 3.54. The molecule has 0 aromatic carbocycles. The molecule has 1 atom stereocenters. The lowest BCUT2D eigenvalue weighted by atomic mass is 9.93. The number of halogens is 1. The molecule has 2 saturated heterocycles. The summed E-state index contributed by atoms with van der Waals surface area (Å²) in [6.45, 7) is 15.2. The summed E-state index contributed by atoms with van der Waals surface area (Å²) in [6.07, 6.45) is 7.66. The summed E-state index contributed by atoms with van der Waals surface area (Å²) in [6, 6.07) is 1.85. The third-order valence-corrected chi connectivity index (χ3v) is 6.51. The second kappa shape index (κ2) is 13.2. The third kappa shape index (κ3) is 7.69. The molecule has 0 spiro atoms. The largest absolute Gasteiger partial charge is 0.355 e. The van der Waals surface area contributed by atoms with Crippen molar-refractivity contribution in [2.24, 2.45) is 10.9 Å². The molecule has 2 rings (SSSR count). The quantitative estimate of drug-likeness (QED) is 0.309. The molecule has 0 bridgehead atoms. The summed E-state index contributed by atoms with van der Waals surface area (Å²) >= 11 is 0. The van der Waals surface area contributed by atoms with Gasteiger partial charge in [0, 0.05) is 44.8 Å². The van der Waals surface area contributed by atoms with Gasteiger partial charge in [-0.25, -0.2) is 0 Å². The van der Waals surface area contributed by atoms with E-state index in [1.165, 1.54) is 64.7 Å². The predicted molar refractivity (Wildman–Crippen MR) is 128 cm³/mol. The van der Waals surface area contributed by atoms with Gasteiger partial charge in [0.25, 0.3) is 0 Å². The summed E-state index contributed by atoms with van der Waals surface area (Å²) in [4.78, 5) is 9.79. The monoisotopic (exact) mass is 493 g/mol. The van der Waals surface area contributed by atoms with Crippen molar-refractivity contribution in [2.45, 2.75) is 84.3 Å². The average Bonchev–Trinajstić information content (AvgIpc) is 3.18. The summed E-state index contributed by atoms with van der Waals surface area (Å²) < 4.78 is 0. The van der Waals surface area contributed by atoms with Gasteiger partial charge in [-0.2, -0.15) is 0 Å². The Kier molecular flexibility index (Phi) is 12.2. The van der Waals surface area contributed by atoms with Crippen molar-refractivity contribution < 1.29 is 0 Å². The van der Waals surface area contributed by atoms with Gasteiger partial charge < -0.3 is 15.5 Å². The summed E-state index contributed by atoms with van der Waals surface area (Å²) in [5, 5.41) is 7.34. The smallest absolute Gasteiger partial charge is 0.191 e. The standard InChI is InChI=1S/C21H43N5.HI/c1-6-18(7-2)20(26-12-8-9-13-26)16-23-21(22-5)24-19-10-14-25(15-11-19)17(3)4;/h17-20H,6-16H2,1-5H3,(H2,22,23,24);1H. The van der Waals surface area contributed by atoms with Crippen molar-refractivity contribution in [3.8, 4) is 0 Å². The minimum absolute atomic E-state index is 0. The lowest BCUT2D eigenvalue weighted by Crippen LogP contribution is -2.53. The summed E-state index contributed by atoms with van der Waals surface area (Å²) in [5.41, 5.74) is 0. The van der Waals surface area contributed by atoms with Crippen LogP contribution < -0.4 is 10.6 Å². The van der Waals surface area contributed by atoms with Gasteiger partial charge in [-0.05, 0) is 58.5 Å². The molecule has 2 aliphatic rings. The van der Waals surface area contributed by atoms with Crippen molar-refractivity contribution in [1.29, 1.82) is 0 Å². The van der Waals surface area contributed by atoms with Crippen LogP contribution in [-0.4, -0.2) is 73.7 Å². The number of guanidine groups is 1. The fourth-order valence-corrected chi connectivity index (χ4v) is 4.65. The van der Waals surface area contributed by atoms with E-state index in [0.717, 1.165) is 18.4 Å². The molecule has 5 nitrogen and oxygen atoms in total. The van der Waals surface area contributed by atoms with E-state index < -0.39 is 0 Å². The molecule has 1 unspecified atom stereocenters. The fourth-order valence-electron chi connectivity index (χ4n) is 4.65. The molecule has 0 amide bonds. The van der Waals surface area contributed by atoms with Crippen LogP contribution in [0, 0.1) is 5.92 Å². The highest BCUT2D eigenvalue weighted by molar-refractivity contribution is 14.0. The first-order chi connectivity index (χ1) is 12.6. The molecule has 2 fully saturated rings. The highest BCUT2D eigenvalue weighted by Crippen LogP contribution is 2.22. The van der Waals surface area contributed by atoms with Crippen molar-refractivity contribution in [3.05, 3.63) is 0 Å². The molecule has 2 heterocycles. The van der Waals surface area contributed by atoms with Crippen molar-refractivity contribution >= 4 is 29.9 Å². The zero-order valence-electron chi connectivity index (χ0n) is 18.3. The average molecular weight is 494 g/mol. The number of piperidine rings is 1. The van der Waals surface area contributed by atoms with Gasteiger partial charge >= 0.3 is 0 Å². The molecular formula is C21H44IN5. The first kappa shape index (κ1) is 25.0. The molecule has 2 aliphatic heterocycles. The van der Waals surface area contributed by atoms with E-state index >= 15 is 0 Å². The van der Waals surface area contributed by atoms with Crippen LogP contribution in [0.3, 0.4) is 0 Å². The minimum Gasteiger partial charge on any atom is -0.355 e. The molecule has 0 saturated carbocycles. The van der Waals surface area contributed by atoms with Crippen LogP contribution in [0.1, 0.15) is 66.2 Å². The molecule has 0 radical (unpaired) electrons. The molecule has 2 N–H and O–H groups in total. The molecule has 0 aliphatic carbocycles. The Bertz CT molecular complexity index is 409. The van der Waals surface area contributed by atoms with Crippen LogP contribution in [-0.2, 0) is 0 Å². The number of likely N-dealkylation sites (tertiary alicyclic amines) is 2. The van der Waals surface area contributed by atoms with E-state index in [2.05, 4.69) is 53.1 Å². The third-order valence-electron chi connectivity index (χ3n) is 6.51. The summed E-state index contributed by atoms with van der Waals surface area (Å²) in [7, 11) is 1.90. The Morgan fingerprint density at radius 3 is 2.07 bits per heavy atom. The van der Waals surface area contributed by atoms with Gasteiger partial charge in [0.05, 0.1) is 0 Å². The second-order valence-electron chi connectivity index (χ2n) is 8.39. The molecule has 160 valence electrons. The zero-order chi connectivity index (χ0) is 18.9. The number of rotatable bonds is 8. The van der Waals surface area contributed by atoms with Crippen molar-refractivity contribution in [1.82, 2.24) is 20.4 Å². The molecule has 27 heavy (non-hydrogen) atoms.